The molecule has 0 spiro atoms. The first-order chi connectivity index (χ1) is 10.1. The lowest BCUT2D eigenvalue weighted by atomic mass is 10.1. The summed E-state index contributed by atoms with van der Waals surface area (Å²) in [6, 6.07) is 10.5. The Labute approximate surface area is 126 Å². The molecular formula is C15H14ClN3O2. The van der Waals surface area contributed by atoms with Gasteiger partial charge in [-0.1, -0.05) is 23.7 Å². The van der Waals surface area contributed by atoms with E-state index in [0.717, 1.165) is 18.4 Å². The molecule has 1 saturated carbocycles. The molecule has 0 unspecified atom stereocenters. The Kier molecular flexibility index (Phi) is 3.75. The van der Waals surface area contributed by atoms with E-state index in [-0.39, 0.29) is 24.1 Å². The van der Waals surface area contributed by atoms with Gasteiger partial charge in [-0.15, -0.1) is 0 Å². The van der Waals surface area contributed by atoms with Gasteiger partial charge in [0.1, 0.15) is 6.54 Å². The van der Waals surface area contributed by atoms with Crippen LogP contribution in [0.4, 0.5) is 0 Å². The first-order valence-corrected chi connectivity index (χ1v) is 7.13. The normalized spacial score (nSPS) is 14.0. The van der Waals surface area contributed by atoms with Crippen LogP contribution in [0.5, 0.6) is 0 Å². The van der Waals surface area contributed by atoms with Gasteiger partial charge in [0.2, 0.25) is 5.91 Å². The molecule has 1 fully saturated rings. The minimum Gasteiger partial charge on any atom is -0.352 e. The molecule has 0 bridgehead atoms. The number of amides is 1. The third-order valence-corrected chi connectivity index (χ3v) is 3.49. The average Bonchev–Trinajstić information content (AvgIpc) is 3.26. The van der Waals surface area contributed by atoms with Crippen LogP contribution < -0.4 is 10.9 Å². The van der Waals surface area contributed by atoms with E-state index in [1.165, 1.54) is 10.7 Å². The van der Waals surface area contributed by atoms with Crippen LogP contribution in [0.3, 0.4) is 0 Å². The predicted octanol–water partition coefficient (Wildman–Crippen LogP) is 1.84. The third-order valence-electron chi connectivity index (χ3n) is 3.24. The van der Waals surface area contributed by atoms with Crippen LogP contribution in [0.15, 0.2) is 41.2 Å². The lowest BCUT2D eigenvalue weighted by Gasteiger charge is -2.07. The minimum absolute atomic E-state index is 0.0588. The van der Waals surface area contributed by atoms with Crippen LogP contribution in [0, 0.1) is 0 Å². The molecule has 0 radical (unpaired) electrons. The average molecular weight is 304 g/mol. The highest BCUT2D eigenvalue weighted by Gasteiger charge is 2.23. The zero-order chi connectivity index (χ0) is 14.8. The van der Waals surface area contributed by atoms with Crippen molar-refractivity contribution in [1.82, 2.24) is 15.1 Å². The molecule has 21 heavy (non-hydrogen) atoms. The maximum absolute atomic E-state index is 11.8. The standard InChI is InChI=1S/C15H14ClN3O2/c16-11-3-1-10(2-4-11)13-7-8-15(21)19(18-13)9-14(20)17-12-5-6-12/h1-4,7-8,12H,5-6,9H2,(H,17,20). The van der Waals surface area contributed by atoms with E-state index in [4.69, 9.17) is 11.6 Å². The van der Waals surface area contributed by atoms with Crippen LogP contribution in [0.1, 0.15) is 12.8 Å². The lowest BCUT2D eigenvalue weighted by Crippen LogP contribution is -2.34. The molecule has 0 aliphatic heterocycles. The summed E-state index contributed by atoms with van der Waals surface area (Å²) >= 11 is 5.85. The van der Waals surface area contributed by atoms with Crippen LogP contribution >= 0.6 is 11.6 Å². The minimum atomic E-state index is -0.293. The van der Waals surface area contributed by atoms with Crippen molar-refractivity contribution in [3.05, 3.63) is 51.8 Å². The van der Waals surface area contributed by atoms with Gasteiger partial charge in [0.15, 0.2) is 0 Å². The second-order valence-corrected chi connectivity index (χ2v) is 5.50. The number of carbonyl (C=O) groups excluding carboxylic acids is 1. The molecule has 6 heteroatoms. The summed E-state index contributed by atoms with van der Waals surface area (Å²) < 4.78 is 1.18. The molecule has 1 N–H and O–H groups in total. The predicted molar refractivity (Wildman–Crippen MR) is 80.1 cm³/mol. The van der Waals surface area contributed by atoms with Gasteiger partial charge in [0.25, 0.3) is 5.56 Å². The van der Waals surface area contributed by atoms with E-state index in [0.29, 0.717) is 10.7 Å². The maximum atomic E-state index is 11.8. The van der Waals surface area contributed by atoms with Gasteiger partial charge in [-0.25, -0.2) is 4.68 Å². The van der Waals surface area contributed by atoms with Crippen molar-refractivity contribution in [2.45, 2.75) is 25.4 Å². The van der Waals surface area contributed by atoms with E-state index >= 15 is 0 Å². The van der Waals surface area contributed by atoms with Crippen LogP contribution in [0.2, 0.25) is 5.02 Å². The second kappa shape index (κ2) is 5.69. The molecule has 1 aliphatic carbocycles. The number of nitrogens with zero attached hydrogens (tertiary/aromatic N) is 2. The fraction of sp³-hybridized carbons (Fsp3) is 0.267. The van der Waals surface area contributed by atoms with E-state index < -0.39 is 0 Å². The van der Waals surface area contributed by atoms with Crippen molar-refractivity contribution in [1.29, 1.82) is 0 Å². The summed E-state index contributed by atoms with van der Waals surface area (Å²) in [6.07, 6.45) is 2.03. The Hall–Kier alpha value is -2.14. The molecular weight excluding hydrogens is 290 g/mol. The topological polar surface area (TPSA) is 64.0 Å². The molecule has 3 rings (SSSR count). The van der Waals surface area contributed by atoms with Gasteiger partial charge in [-0.3, -0.25) is 9.59 Å². The van der Waals surface area contributed by atoms with Crippen LogP contribution in [-0.4, -0.2) is 21.7 Å². The molecule has 2 aromatic rings. The van der Waals surface area contributed by atoms with Gasteiger partial charge in [-0.05, 0) is 31.0 Å². The van der Waals surface area contributed by atoms with Gasteiger partial charge >= 0.3 is 0 Å². The fourth-order valence-corrected chi connectivity index (χ4v) is 2.10. The summed E-state index contributed by atoms with van der Waals surface area (Å²) in [5.41, 5.74) is 1.18. The highest BCUT2D eigenvalue weighted by Crippen LogP contribution is 2.19. The van der Waals surface area contributed by atoms with Crippen molar-refractivity contribution < 1.29 is 4.79 Å². The molecule has 108 valence electrons. The molecule has 5 nitrogen and oxygen atoms in total. The number of hydrogen-bond acceptors (Lipinski definition) is 3. The van der Waals surface area contributed by atoms with Crippen molar-refractivity contribution in [3.8, 4) is 11.3 Å². The van der Waals surface area contributed by atoms with E-state index in [1.54, 1.807) is 18.2 Å². The number of benzene rings is 1. The zero-order valence-electron chi connectivity index (χ0n) is 11.3. The molecule has 0 atom stereocenters. The quantitative estimate of drug-likeness (QED) is 0.937. The summed E-state index contributed by atoms with van der Waals surface area (Å²) in [5.74, 6) is -0.180. The number of aromatic nitrogens is 2. The van der Waals surface area contributed by atoms with E-state index in [9.17, 15) is 9.59 Å². The first kappa shape index (κ1) is 13.8. The van der Waals surface area contributed by atoms with Gasteiger partial charge in [0, 0.05) is 22.7 Å². The number of nitrogens with one attached hydrogen (secondary N) is 1. The molecule has 1 aromatic heterocycles. The van der Waals surface area contributed by atoms with Gasteiger partial charge in [0.05, 0.1) is 5.69 Å². The molecule has 1 aliphatic rings. The Morgan fingerprint density at radius 3 is 2.62 bits per heavy atom. The smallest absolute Gasteiger partial charge is 0.267 e. The Bertz CT molecular complexity index is 720. The van der Waals surface area contributed by atoms with Crippen LogP contribution in [0.25, 0.3) is 11.3 Å². The molecule has 0 saturated heterocycles. The monoisotopic (exact) mass is 303 g/mol. The summed E-state index contributed by atoms with van der Waals surface area (Å²) in [4.78, 5) is 23.6. The highest BCUT2D eigenvalue weighted by molar-refractivity contribution is 6.30. The largest absolute Gasteiger partial charge is 0.352 e. The van der Waals surface area contributed by atoms with E-state index in [2.05, 4.69) is 10.4 Å². The van der Waals surface area contributed by atoms with E-state index in [1.807, 2.05) is 12.1 Å². The van der Waals surface area contributed by atoms with Crippen LogP contribution in [-0.2, 0) is 11.3 Å². The van der Waals surface area contributed by atoms with Gasteiger partial charge < -0.3 is 5.32 Å². The molecule has 1 amide bonds. The Morgan fingerprint density at radius 1 is 1.24 bits per heavy atom. The summed E-state index contributed by atoms with van der Waals surface area (Å²) in [7, 11) is 0. The SMILES string of the molecule is O=C(Cn1nc(-c2ccc(Cl)cc2)ccc1=O)NC1CC1. The second-order valence-electron chi connectivity index (χ2n) is 5.06. The highest BCUT2D eigenvalue weighted by atomic mass is 35.5. The van der Waals surface area contributed by atoms with Crippen molar-refractivity contribution >= 4 is 17.5 Å². The van der Waals surface area contributed by atoms with Crippen molar-refractivity contribution in [2.24, 2.45) is 0 Å². The van der Waals surface area contributed by atoms with Gasteiger partial charge in [-0.2, -0.15) is 5.10 Å². The molecule has 1 aromatic carbocycles. The Morgan fingerprint density at radius 2 is 1.95 bits per heavy atom. The number of carbonyl (C=O) groups is 1. The number of hydrogen-bond donors (Lipinski definition) is 1. The molecule has 1 heterocycles. The number of halogens is 1. The Balaban J connectivity index is 1.83. The lowest BCUT2D eigenvalue weighted by molar-refractivity contribution is -0.122. The van der Waals surface area contributed by atoms with Crippen molar-refractivity contribution in [3.63, 3.8) is 0 Å². The fourth-order valence-electron chi connectivity index (χ4n) is 1.97. The summed E-state index contributed by atoms with van der Waals surface area (Å²) in [5, 5.41) is 7.72. The number of rotatable bonds is 4. The third kappa shape index (κ3) is 3.49. The summed E-state index contributed by atoms with van der Waals surface area (Å²) in [6.45, 7) is -0.0588. The van der Waals surface area contributed by atoms with Crippen molar-refractivity contribution in [2.75, 3.05) is 0 Å². The first-order valence-electron chi connectivity index (χ1n) is 6.75. The maximum Gasteiger partial charge on any atom is 0.267 e. The zero-order valence-corrected chi connectivity index (χ0v) is 12.0.